The van der Waals surface area contributed by atoms with E-state index in [1.165, 1.54) is 0 Å². The second kappa shape index (κ2) is 6.58. The van der Waals surface area contributed by atoms with Crippen molar-refractivity contribution in [1.29, 1.82) is 0 Å². The van der Waals surface area contributed by atoms with Gasteiger partial charge in [0, 0.05) is 12.0 Å². The van der Waals surface area contributed by atoms with E-state index in [4.69, 9.17) is 4.43 Å². The minimum atomic E-state index is -1.68. The van der Waals surface area contributed by atoms with E-state index in [9.17, 15) is 0 Å². The number of aromatic nitrogens is 1. The van der Waals surface area contributed by atoms with Crippen molar-refractivity contribution in [3.8, 4) is 0 Å². The largest absolute Gasteiger partial charge is 1.00 e. The van der Waals surface area contributed by atoms with Gasteiger partial charge in [0.1, 0.15) is 0 Å². The van der Waals surface area contributed by atoms with Gasteiger partial charge in [-0.25, -0.2) is 12.1 Å². The summed E-state index contributed by atoms with van der Waals surface area (Å²) in [4.78, 5) is 4.39. The van der Waals surface area contributed by atoms with Gasteiger partial charge in [0.25, 0.3) is 0 Å². The minimum Gasteiger partial charge on any atom is -0.416 e. The fourth-order valence-corrected chi connectivity index (χ4v) is 2.53. The first-order valence-corrected chi connectivity index (χ1v) is 9.44. The van der Waals surface area contributed by atoms with Crippen LogP contribution in [0.5, 0.6) is 0 Å². The molecule has 1 heterocycles. The van der Waals surface area contributed by atoms with Crippen molar-refractivity contribution in [2.75, 3.05) is 6.61 Å². The molecule has 0 saturated carbocycles. The first kappa shape index (κ1) is 18.9. The van der Waals surface area contributed by atoms with E-state index in [1.54, 1.807) is 6.20 Å². The Hall–Kier alpha value is -0.0757. The zero-order valence-electron chi connectivity index (χ0n) is 13.8. The molecule has 0 bridgehead atoms. The van der Waals surface area contributed by atoms with Crippen LogP contribution in [0.2, 0.25) is 18.1 Å². The Labute approximate surface area is 131 Å². The molecule has 0 saturated heterocycles. The molecule has 0 atom stereocenters. The molecule has 2 nitrogen and oxygen atoms in total. The second-order valence-electron chi connectivity index (χ2n) is 7.08. The van der Waals surface area contributed by atoms with E-state index >= 15 is 0 Å². The molecule has 0 amide bonds. The summed E-state index contributed by atoms with van der Waals surface area (Å²) < 4.78 is 6.30. The van der Waals surface area contributed by atoms with Crippen LogP contribution in [0.3, 0.4) is 0 Å². The van der Waals surface area contributed by atoms with E-state index in [0.717, 1.165) is 12.3 Å². The first-order valence-electron chi connectivity index (χ1n) is 6.53. The van der Waals surface area contributed by atoms with Crippen LogP contribution >= 0.6 is 0 Å². The Morgan fingerprint density at radius 2 is 1.79 bits per heavy atom. The predicted octanol–water partition coefficient (Wildman–Crippen LogP) is 1.19. The average Bonchev–Trinajstić information content (AvgIpc) is 2.26. The van der Waals surface area contributed by atoms with Crippen LogP contribution < -0.4 is 18.9 Å². The van der Waals surface area contributed by atoms with Gasteiger partial charge >= 0.3 is 18.9 Å². The van der Waals surface area contributed by atoms with Crippen molar-refractivity contribution in [3.05, 3.63) is 30.1 Å². The molecule has 4 heteroatoms. The smallest absolute Gasteiger partial charge is 0.416 e. The Bertz CT molecular complexity index is 385. The third-order valence-electron chi connectivity index (χ3n) is 3.91. The number of pyridine rings is 1. The number of nitrogens with zero attached hydrogens (tertiary/aromatic N) is 1. The summed E-state index contributed by atoms with van der Waals surface area (Å²) >= 11 is 0. The molecular formula is C15H26LiNOSi. The van der Waals surface area contributed by atoms with Crippen LogP contribution in [-0.2, 0) is 9.84 Å². The normalized spacial score (nSPS) is 13.0. The quantitative estimate of drug-likeness (QED) is 0.606. The van der Waals surface area contributed by atoms with Gasteiger partial charge in [-0.1, -0.05) is 40.8 Å². The van der Waals surface area contributed by atoms with Crippen molar-refractivity contribution < 1.29 is 23.3 Å². The first-order chi connectivity index (χ1) is 8.06. The van der Waals surface area contributed by atoms with Gasteiger partial charge < -0.3 is 4.43 Å². The Kier molecular flexibility index (Phi) is 6.56. The molecule has 0 spiro atoms. The van der Waals surface area contributed by atoms with Crippen molar-refractivity contribution in [2.45, 2.75) is 58.2 Å². The number of hydrogen-bond acceptors (Lipinski definition) is 2. The Morgan fingerprint density at radius 3 is 2.21 bits per heavy atom. The van der Waals surface area contributed by atoms with Gasteiger partial charge in [-0.2, -0.15) is 6.07 Å². The molecule has 0 unspecified atom stereocenters. The summed E-state index contributed by atoms with van der Waals surface area (Å²) in [6.45, 7) is 16.5. The van der Waals surface area contributed by atoms with Crippen molar-refractivity contribution in [2.24, 2.45) is 0 Å². The van der Waals surface area contributed by atoms with Gasteiger partial charge in [-0.05, 0) is 23.8 Å². The van der Waals surface area contributed by atoms with E-state index in [1.807, 2.05) is 12.1 Å². The SMILES string of the molecule is CC(C)(CO[Si](C)(C)C(C)(C)C)c1cc[c-]cn1.[Li+]. The maximum absolute atomic E-state index is 6.30. The molecule has 102 valence electrons. The third-order valence-corrected chi connectivity index (χ3v) is 8.39. The Morgan fingerprint density at radius 1 is 1.21 bits per heavy atom. The second-order valence-corrected chi connectivity index (χ2v) is 11.9. The summed E-state index contributed by atoms with van der Waals surface area (Å²) in [6.07, 6.45) is 1.73. The minimum absolute atomic E-state index is 0. The van der Waals surface area contributed by atoms with Gasteiger partial charge in [0.05, 0.1) is 0 Å². The van der Waals surface area contributed by atoms with Crippen molar-refractivity contribution >= 4 is 8.32 Å². The summed E-state index contributed by atoms with van der Waals surface area (Å²) in [7, 11) is -1.68. The monoisotopic (exact) mass is 271 g/mol. The molecule has 1 rings (SSSR count). The molecule has 0 aliphatic rings. The standard InChI is InChI=1S/C15H26NOSi.Li/c1-14(2,3)18(6,7)17-12-15(4,5)13-10-8-9-11-16-13;/h8,10-11H,12H2,1-7H3;/q-1;+1. The molecule has 1 aromatic rings. The molecule has 0 aliphatic carbocycles. The van der Waals surface area contributed by atoms with E-state index in [0.29, 0.717) is 0 Å². The topological polar surface area (TPSA) is 22.1 Å². The van der Waals surface area contributed by atoms with Crippen LogP contribution in [-0.4, -0.2) is 19.9 Å². The zero-order chi connectivity index (χ0) is 14.0. The third kappa shape index (κ3) is 5.08. The van der Waals surface area contributed by atoms with Gasteiger partial charge in [0.15, 0.2) is 8.32 Å². The molecule has 19 heavy (non-hydrogen) atoms. The van der Waals surface area contributed by atoms with Gasteiger partial charge in [-0.3, -0.25) is 4.98 Å². The summed E-state index contributed by atoms with van der Waals surface area (Å²) in [5, 5.41) is 0.251. The number of hydrogen-bond donors (Lipinski definition) is 0. The fraction of sp³-hybridized carbons (Fsp3) is 0.667. The average molecular weight is 271 g/mol. The van der Waals surface area contributed by atoms with Crippen molar-refractivity contribution in [1.82, 2.24) is 4.98 Å². The molecule has 0 aliphatic heterocycles. The Balaban J connectivity index is 0.00000324. The predicted molar refractivity (Wildman–Crippen MR) is 79.2 cm³/mol. The summed E-state index contributed by atoms with van der Waals surface area (Å²) in [5.74, 6) is 0. The summed E-state index contributed by atoms with van der Waals surface area (Å²) in [6, 6.07) is 6.89. The number of rotatable bonds is 4. The summed E-state index contributed by atoms with van der Waals surface area (Å²) in [5.41, 5.74) is 1.02. The van der Waals surface area contributed by atoms with E-state index in [-0.39, 0.29) is 29.3 Å². The molecule has 1 aromatic heterocycles. The maximum atomic E-state index is 6.30. The van der Waals surface area contributed by atoms with Gasteiger partial charge in [-0.15, -0.1) is 0 Å². The van der Waals surface area contributed by atoms with Crippen LogP contribution in [0.15, 0.2) is 18.3 Å². The van der Waals surface area contributed by atoms with E-state index in [2.05, 4.69) is 58.8 Å². The van der Waals surface area contributed by atoms with Crippen LogP contribution in [0.25, 0.3) is 0 Å². The van der Waals surface area contributed by atoms with Gasteiger partial charge in [0.2, 0.25) is 0 Å². The molecular weight excluding hydrogens is 245 g/mol. The maximum Gasteiger partial charge on any atom is 1.00 e. The van der Waals surface area contributed by atoms with Crippen LogP contribution in [0.1, 0.15) is 40.3 Å². The molecule has 0 radical (unpaired) electrons. The van der Waals surface area contributed by atoms with E-state index < -0.39 is 8.32 Å². The van der Waals surface area contributed by atoms with Crippen LogP contribution in [0.4, 0.5) is 0 Å². The molecule has 0 N–H and O–H groups in total. The van der Waals surface area contributed by atoms with Crippen LogP contribution in [0, 0.1) is 6.07 Å². The van der Waals surface area contributed by atoms with Crippen molar-refractivity contribution in [3.63, 3.8) is 0 Å². The molecule has 0 fully saturated rings. The fourth-order valence-electron chi connectivity index (χ4n) is 1.37. The zero-order valence-corrected chi connectivity index (χ0v) is 14.8. The molecule has 0 aromatic carbocycles.